The third-order valence-electron chi connectivity index (χ3n) is 1.53. The number of aromatic nitrogens is 1. The van der Waals surface area contributed by atoms with Crippen molar-refractivity contribution in [3.8, 4) is 0 Å². The molecule has 0 atom stereocenters. The summed E-state index contributed by atoms with van der Waals surface area (Å²) in [5, 5.41) is 8.63. The maximum atomic E-state index is 10.5. The number of carboxylic acids is 1. The van der Waals surface area contributed by atoms with Crippen LogP contribution >= 0.6 is 15.9 Å². The molecule has 0 amide bonds. The number of carbonyl (C=O) groups excluding carboxylic acids is 1. The van der Waals surface area contributed by atoms with Crippen molar-refractivity contribution < 1.29 is 14.7 Å². The summed E-state index contributed by atoms with van der Waals surface area (Å²) in [6.45, 7) is 1.62. The van der Waals surface area contributed by atoms with Gasteiger partial charge in [-0.2, -0.15) is 0 Å². The third-order valence-corrected chi connectivity index (χ3v) is 2.55. The van der Waals surface area contributed by atoms with Gasteiger partial charge in [0.05, 0.1) is 5.69 Å². The lowest BCUT2D eigenvalue weighted by Crippen LogP contribution is -1.98. The molecule has 0 aliphatic rings. The van der Waals surface area contributed by atoms with Crippen LogP contribution in [0.25, 0.3) is 0 Å². The highest BCUT2D eigenvalue weighted by Crippen LogP contribution is 2.22. The highest BCUT2D eigenvalue weighted by Gasteiger charge is 2.15. The van der Waals surface area contributed by atoms with E-state index in [-0.39, 0.29) is 11.4 Å². The van der Waals surface area contributed by atoms with Gasteiger partial charge < -0.3 is 10.1 Å². The quantitative estimate of drug-likeness (QED) is 0.760. The molecule has 0 saturated carbocycles. The van der Waals surface area contributed by atoms with Gasteiger partial charge in [-0.15, -0.1) is 0 Å². The highest BCUT2D eigenvalue weighted by atomic mass is 79.9. The molecule has 0 fully saturated rings. The summed E-state index contributed by atoms with van der Waals surface area (Å²) in [6, 6.07) is 0. The normalized spacial score (nSPS) is 9.83. The number of rotatable bonds is 2. The van der Waals surface area contributed by atoms with Crippen LogP contribution in [0.5, 0.6) is 0 Å². The second-order valence-corrected chi connectivity index (χ2v) is 3.07. The van der Waals surface area contributed by atoms with E-state index in [0.29, 0.717) is 16.3 Å². The first kappa shape index (κ1) is 8.99. The van der Waals surface area contributed by atoms with Gasteiger partial charge in [0, 0.05) is 4.47 Å². The molecule has 0 radical (unpaired) electrons. The molecule has 64 valence electrons. The maximum Gasteiger partial charge on any atom is 0.352 e. The standard InChI is InChI=1S/C7H6BrNO3/c1-3-5(8)4(2-10)9-6(3)7(11)12/h2,9H,1H3,(H,11,12). The average Bonchev–Trinajstić information content (AvgIpc) is 2.30. The Morgan fingerprint density at radius 2 is 2.25 bits per heavy atom. The van der Waals surface area contributed by atoms with Crippen LogP contribution in [0, 0.1) is 6.92 Å². The molecule has 2 N–H and O–H groups in total. The molecule has 0 bridgehead atoms. The molecular weight excluding hydrogens is 226 g/mol. The number of hydrogen-bond donors (Lipinski definition) is 2. The van der Waals surface area contributed by atoms with Gasteiger partial charge in [-0.25, -0.2) is 4.79 Å². The lowest BCUT2D eigenvalue weighted by Gasteiger charge is -1.89. The number of aromatic carboxylic acids is 1. The van der Waals surface area contributed by atoms with Crippen LogP contribution in [0.2, 0.25) is 0 Å². The molecule has 0 aliphatic carbocycles. The second-order valence-electron chi connectivity index (χ2n) is 2.28. The van der Waals surface area contributed by atoms with E-state index >= 15 is 0 Å². The Kier molecular flexibility index (Phi) is 2.32. The molecule has 1 aromatic rings. The van der Waals surface area contributed by atoms with Crippen molar-refractivity contribution in [3.05, 3.63) is 21.4 Å². The smallest absolute Gasteiger partial charge is 0.352 e. The molecule has 4 nitrogen and oxygen atoms in total. The summed E-state index contributed by atoms with van der Waals surface area (Å²) in [6.07, 6.45) is 0.573. The number of aromatic amines is 1. The molecule has 1 rings (SSSR count). The topological polar surface area (TPSA) is 70.2 Å². The Balaban J connectivity index is 3.34. The Morgan fingerprint density at radius 1 is 1.67 bits per heavy atom. The van der Waals surface area contributed by atoms with Gasteiger partial charge in [-0.05, 0) is 28.4 Å². The van der Waals surface area contributed by atoms with Gasteiger partial charge in [-0.1, -0.05) is 0 Å². The molecule has 5 heteroatoms. The molecular formula is C7H6BrNO3. The first-order valence-electron chi connectivity index (χ1n) is 3.14. The summed E-state index contributed by atoms with van der Waals surface area (Å²) < 4.78 is 0.509. The van der Waals surface area contributed by atoms with Crippen molar-refractivity contribution in [3.63, 3.8) is 0 Å². The minimum absolute atomic E-state index is 0.0453. The first-order valence-corrected chi connectivity index (χ1v) is 3.93. The molecule has 1 aromatic heterocycles. The highest BCUT2D eigenvalue weighted by molar-refractivity contribution is 9.10. The number of carbonyl (C=O) groups is 2. The van der Waals surface area contributed by atoms with Crippen molar-refractivity contribution in [2.24, 2.45) is 0 Å². The Hall–Kier alpha value is -1.10. The van der Waals surface area contributed by atoms with E-state index in [2.05, 4.69) is 20.9 Å². The van der Waals surface area contributed by atoms with E-state index in [4.69, 9.17) is 5.11 Å². The van der Waals surface area contributed by atoms with Crippen LogP contribution in [-0.4, -0.2) is 22.3 Å². The minimum Gasteiger partial charge on any atom is -0.477 e. The zero-order valence-corrected chi connectivity index (χ0v) is 7.81. The minimum atomic E-state index is -1.07. The van der Waals surface area contributed by atoms with E-state index < -0.39 is 5.97 Å². The van der Waals surface area contributed by atoms with Crippen molar-refractivity contribution in [1.82, 2.24) is 4.98 Å². The fourth-order valence-electron chi connectivity index (χ4n) is 0.890. The Labute approximate surface area is 76.7 Å². The number of carboxylic acid groups (broad SMARTS) is 1. The van der Waals surface area contributed by atoms with Gasteiger partial charge in [-0.3, -0.25) is 4.79 Å². The number of halogens is 1. The van der Waals surface area contributed by atoms with Crippen LogP contribution in [0.15, 0.2) is 4.47 Å². The monoisotopic (exact) mass is 231 g/mol. The lowest BCUT2D eigenvalue weighted by molar-refractivity contribution is 0.0690. The molecule has 0 aromatic carbocycles. The van der Waals surface area contributed by atoms with E-state index in [0.717, 1.165) is 0 Å². The maximum absolute atomic E-state index is 10.5. The van der Waals surface area contributed by atoms with E-state index in [1.807, 2.05) is 0 Å². The first-order chi connectivity index (χ1) is 5.57. The van der Waals surface area contributed by atoms with Gasteiger partial charge in [0.1, 0.15) is 5.69 Å². The predicted octanol–water partition coefficient (Wildman–Crippen LogP) is 1.60. The Bertz CT molecular complexity index is 343. The van der Waals surface area contributed by atoms with Crippen LogP contribution in [0.1, 0.15) is 26.5 Å². The predicted molar refractivity (Wildman–Crippen MR) is 45.6 cm³/mol. The molecule has 0 unspecified atom stereocenters. The van der Waals surface area contributed by atoms with Crippen LogP contribution in [0.3, 0.4) is 0 Å². The summed E-state index contributed by atoms with van der Waals surface area (Å²) in [5.74, 6) is -1.07. The SMILES string of the molecule is Cc1c(C(=O)O)[nH]c(C=O)c1Br. The fourth-order valence-corrected chi connectivity index (χ4v) is 1.28. The number of nitrogens with one attached hydrogen (secondary N) is 1. The largest absolute Gasteiger partial charge is 0.477 e. The fraction of sp³-hybridized carbons (Fsp3) is 0.143. The molecule has 0 spiro atoms. The van der Waals surface area contributed by atoms with Crippen LogP contribution in [0.4, 0.5) is 0 Å². The van der Waals surface area contributed by atoms with E-state index in [9.17, 15) is 9.59 Å². The molecule has 12 heavy (non-hydrogen) atoms. The van der Waals surface area contributed by atoms with Crippen LogP contribution < -0.4 is 0 Å². The summed E-state index contributed by atoms with van der Waals surface area (Å²) in [5.41, 5.74) is 0.832. The number of aldehydes is 1. The zero-order chi connectivity index (χ0) is 9.30. The van der Waals surface area contributed by atoms with Gasteiger partial charge in [0.25, 0.3) is 0 Å². The van der Waals surface area contributed by atoms with Gasteiger partial charge in [0.15, 0.2) is 6.29 Å². The third kappa shape index (κ3) is 1.27. The average molecular weight is 232 g/mol. The number of hydrogen-bond acceptors (Lipinski definition) is 2. The van der Waals surface area contributed by atoms with Crippen molar-refractivity contribution in [1.29, 1.82) is 0 Å². The van der Waals surface area contributed by atoms with E-state index in [1.54, 1.807) is 6.92 Å². The molecule has 0 saturated heterocycles. The van der Waals surface area contributed by atoms with Crippen molar-refractivity contribution in [2.45, 2.75) is 6.92 Å². The van der Waals surface area contributed by atoms with Crippen molar-refractivity contribution in [2.75, 3.05) is 0 Å². The van der Waals surface area contributed by atoms with Gasteiger partial charge in [0.2, 0.25) is 0 Å². The number of H-pyrrole nitrogens is 1. The molecule has 0 aliphatic heterocycles. The summed E-state index contributed by atoms with van der Waals surface area (Å²) >= 11 is 3.10. The van der Waals surface area contributed by atoms with E-state index in [1.165, 1.54) is 0 Å². The Morgan fingerprint density at radius 3 is 2.50 bits per heavy atom. The van der Waals surface area contributed by atoms with Crippen LogP contribution in [-0.2, 0) is 0 Å². The second kappa shape index (κ2) is 3.10. The zero-order valence-electron chi connectivity index (χ0n) is 6.22. The lowest BCUT2D eigenvalue weighted by atomic mass is 10.2. The van der Waals surface area contributed by atoms with Gasteiger partial charge >= 0.3 is 5.97 Å². The summed E-state index contributed by atoms with van der Waals surface area (Å²) in [4.78, 5) is 23.4. The molecule has 1 heterocycles. The van der Waals surface area contributed by atoms with Crippen molar-refractivity contribution >= 4 is 28.2 Å². The summed E-state index contributed by atoms with van der Waals surface area (Å²) in [7, 11) is 0.